The predicted molar refractivity (Wildman–Crippen MR) is 37.0 cm³/mol. The van der Waals surface area contributed by atoms with Crippen molar-refractivity contribution in [3.8, 4) is 0 Å². The maximum atomic E-state index is 12.6. The molecule has 0 bridgehead atoms. The van der Waals surface area contributed by atoms with E-state index in [0.717, 1.165) is 0 Å². The molecule has 0 aliphatic carbocycles. The molecule has 0 spiro atoms. The van der Waals surface area contributed by atoms with Gasteiger partial charge in [0.25, 0.3) is 5.92 Å². The van der Waals surface area contributed by atoms with Gasteiger partial charge < -0.3 is 5.11 Å². The van der Waals surface area contributed by atoms with Crippen LogP contribution in [0.5, 0.6) is 0 Å². The normalized spacial score (nSPS) is 12.6. The van der Waals surface area contributed by atoms with Gasteiger partial charge in [-0.15, -0.1) is 0 Å². The fourth-order valence-electron chi connectivity index (χ4n) is 0.606. The molecule has 0 atom stereocenters. The first kappa shape index (κ1) is 12.9. The third-order valence-corrected chi connectivity index (χ3v) is 1.42. The Kier molecular flexibility index (Phi) is 3.61. The van der Waals surface area contributed by atoms with Crippen molar-refractivity contribution in [1.82, 2.24) is 0 Å². The van der Waals surface area contributed by atoms with E-state index >= 15 is 0 Å². The summed E-state index contributed by atoms with van der Waals surface area (Å²) < 4.78 is 59.9. The Hall–Kier alpha value is -1.14. The number of aliphatic carboxylic acids is 1. The minimum atomic E-state index is -4.73. The molecule has 2 nitrogen and oxygen atoms in total. The van der Waals surface area contributed by atoms with Crippen LogP contribution in [0.1, 0.15) is 12.8 Å². The quantitative estimate of drug-likeness (QED) is 0.581. The molecule has 14 heavy (non-hydrogen) atoms. The summed E-state index contributed by atoms with van der Waals surface area (Å²) in [5, 5.41) is 8.09. The lowest BCUT2D eigenvalue weighted by molar-refractivity contribution is -0.151. The monoisotopic (exact) mass is 218 g/mol. The van der Waals surface area contributed by atoms with E-state index in [0.29, 0.717) is 0 Å². The second-order valence-corrected chi connectivity index (χ2v) is 2.60. The molecule has 0 rings (SSSR count). The van der Waals surface area contributed by atoms with Crippen LogP contribution in [0.3, 0.4) is 0 Å². The molecule has 1 N–H and O–H groups in total. The van der Waals surface area contributed by atoms with Crippen molar-refractivity contribution in [2.24, 2.45) is 0 Å². The van der Waals surface area contributed by atoms with Gasteiger partial charge in [-0.1, -0.05) is 6.58 Å². The molecule has 0 amide bonds. The molecule has 0 fully saturated rings. The standard InChI is InChI=1S/C7H7F5O2/c1-4(5(13)14)6(8,9)2-3-7(10,11)12/h1-3H2,(H,13,14). The van der Waals surface area contributed by atoms with E-state index in [1.807, 2.05) is 0 Å². The van der Waals surface area contributed by atoms with E-state index in [4.69, 9.17) is 5.11 Å². The Morgan fingerprint density at radius 1 is 1.14 bits per heavy atom. The summed E-state index contributed by atoms with van der Waals surface area (Å²) in [5.74, 6) is -6.03. The lowest BCUT2D eigenvalue weighted by Crippen LogP contribution is -2.26. The Morgan fingerprint density at radius 2 is 1.57 bits per heavy atom. The molecule has 0 unspecified atom stereocenters. The van der Waals surface area contributed by atoms with Gasteiger partial charge in [-0.05, 0) is 0 Å². The van der Waals surface area contributed by atoms with Crippen LogP contribution in [0.25, 0.3) is 0 Å². The van der Waals surface area contributed by atoms with Gasteiger partial charge >= 0.3 is 12.1 Å². The number of carboxylic acids is 1. The molecule has 0 aliphatic rings. The van der Waals surface area contributed by atoms with Crippen LogP contribution in [-0.4, -0.2) is 23.2 Å². The molecule has 0 saturated carbocycles. The van der Waals surface area contributed by atoms with Crippen molar-refractivity contribution in [1.29, 1.82) is 0 Å². The predicted octanol–water partition coefficient (Wildman–Crippen LogP) is 2.61. The zero-order chi connectivity index (χ0) is 11.6. The van der Waals surface area contributed by atoms with Crippen molar-refractivity contribution < 1.29 is 31.9 Å². The fourth-order valence-corrected chi connectivity index (χ4v) is 0.606. The summed E-state index contributed by atoms with van der Waals surface area (Å²) in [6.07, 6.45) is -8.07. The molecule has 0 aliphatic heterocycles. The van der Waals surface area contributed by atoms with Crippen LogP contribution in [-0.2, 0) is 4.79 Å². The van der Waals surface area contributed by atoms with Gasteiger partial charge in [0.15, 0.2) is 0 Å². The van der Waals surface area contributed by atoms with Gasteiger partial charge in [0.1, 0.15) is 0 Å². The maximum absolute atomic E-state index is 12.6. The number of alkyl halides is 5. The molecular weight excluding hydrogens is 211 g/mol. The lowest BCUT2D eigenvalue weighted by atomic mass is 10.1. The van der Waals surface area contributed by atoms with E-state index in [-0.39, 0.29) is 0 Å². The number of halogens is 5. The van der Waals surface area contributed by atoms with Gasteiger partial charge in [-0.25, -0.2) is 13.6 Å². The second-order valence-electron chi connectivity index (χ2n) is 2.60. The van der Waals surface area contributed by atoms with Crippen LogP contribution in [0.15, 0.2) is 12.2 Å². The van der Waals surface area contributed by atoms with Crippen molar-refractivity contribution in [2.45, 2.75) is 24.9 Å². The van der Waals surface area contributed by atoms with E-state index in [1.165, 1.54) is 0 Å². The van der Waals surface area contributed by atoms with Gasteiger partial charge in [-0.3, -0.25) is 0 Å². The molecule has 0 saturated heterocycles. The van der Waals surface area contributed by atoms with Crippen molar-refractivity contribution in [3.63, 3.8) is 0 Å². The summed E-state index contributed by atoms with van der Waals surface area (Å²) in [7, 11) is 0. The van der Waals surface area contributed by atoms with Gasteiger partial charge in [0, 0.05) is 12.8 Å². The molecule has 82 valence electrons. The molecule has 0 radical (unpaired) electrons. The first-order valence-corrected chi connectivity index (χ1v) is 3.43. The molecule has 7 heteroatoms. The molecule has 0 aromatic rings. The molecule has 0 aromatic carbocycles. The highest BCUT2D eigenvalue weighted by Crippen LogP contribution is 2.33. The zero-order valence-electron chi connectivity index (χ0n) is 6.87. The highest BCUT2D eigenvalue weighted by molar-refractivity contribution is 5.87. The van der Waals surface area contributed by atoms with E-state index in [9.17, 15) is 26.7 Å². The molecule has 0 aromatic heterocycles. The minimum Gasteiger partial charge on any atom is -0.478 e. The first-order chi connectivity index (χ1) is 6.06. The summed E-state index contributed by atoms with van der Waals surface area (Å²) in [6, 6.07) is 0. The van der Waals surface area contributed by atoms with E-state index in [2.05, 4.69) is 6.58 Å². The first-order valence-electron chi connectivity index (χ1n) is 3.43. The van der Waals surface area contributed by atoms with Crippen LogP contribution in [0.2, 0.25) is 0 Å². The SMILES string of the molecule is C=C(C(=O)O)C(F)(F)CCC(F)(F)F. The van der Waals surface area contributed by atoms with Gasteiger partial charge in [0.05, 0.1) is 5.57 Å². The Bertz CT molecular complexity index is 243. The third kappa shape index (κ3) is 4.20. The maximum Gasteiger partial charge on any atom is 0.389 e. The molecule has 0 heterocycles. The Balaban J connectivity index is 4.35. The number of carbonyl (C=O) groups is 1. The number of carboxylic acid groups (broad SMARTS) is 1. The lowest BCUT2D eigenvalue weighted by Gasteiger charge is -2.16. The Labute approximate surface area is 76.0 Å². The van der Waals surface area contributed by atoms with E-state index in [1.54, 1.807) is 0 Å². The highest BCUT2D eigenvalue weighted by atomic mass is 19.4. The summed E-state index contributed by atoms with van der Waals surface area (Å²) in [6.45, 7) is 2.51. The summed E-state index contributed by atoms with van der Waals surface area (Å²) in [5.41, 5.74) is -1.53. The summed E-state index contributed by atoms with van der Waals surface area (Å²) >= 11 is 0. The largest absolute Gasteiger partial charge is 0.478 e. The van der Waals surface area contributed by atoms with Crippen molar-refractivity contribution >= 4 is 5.97 Å². The Morgan fingerprint density at radius 3 is 1.86 bits per heavy atom. The topological polar surface area (TPSA) is 37.3 Å². The second kappa shape index (κ2) is 3.93. The highest BCUT2D eigenvalue weighted by Gasteiger charge is 2.41. The number of rotatable bonds is 4. The minimum absolute atomic E-state index is 1.53. The zero-order valence-corrected chi connectivity index (χ0v) is 6.87. The molecular formula is C7H7F5O2. The van der Waals surface area contributed by atoms with Crippen LogP contribution < -0.4 is 0 Å². The van der Waals surface area contributed by atoms with Gasteiger partial charge in [-0.2, -0.15) is 13.2 Å². The average molecular weight is 218 g/mol. The fraction of sp³-hybridized carbons (Fsp3) is 0.571. The summed E-state index contributed by atoms with van der Waals surface area (Å²) in [4.78, 5) is 10.0. The average Bonchev–Trinajstić information content (AvgIpc) is 1.98. The van der Waals surface area contributed by atoms with Crippen molar-refractivity contribution in [3.05, 3.63) is 12.2 Å². The smallest absolute Gasteiger partial charge is 0.389 e. The van der Waals surface area contributed by atoms with Gasteiger partial charge in [0.2, 0.25) is 0 Å². The van der Waals surface area contributed by atoms with E-state index < -0.39 is 36.5 Å². The number of hydrogen-bond acceptors (Lipinski definition) is 1. The van der Waals surface area contributed by atoms with Crippen LogP contribution in [0, 0.1) is 0 Å². The van der Waals surface area contributed by atoms with Crippen LogP contribution >= 0.6 is 0 Å². The van der Waals surface area contributed by atoms with Crippen LogP contribution in [0.4, 0.5) is 22.0 Å². The van der Waals surface area contributed by atoms with Crippen molar-refractivity contribution in [2.75, 3.05) is 0 Å². The third-order valence-electron chi connectivity index (χ3n) is 1.42. The number of hydrogen-bond donors (Lipinski definition) is 1.